The van der Waals surface area contributed by atoms with Crippen molar-refractivity contribution in [3.63, 3.8) is 0 Å². The zero-order chi connectivity index (χ0) is 18.9. The van der Waals surface area contributed by atoms with Gasteiger partial charge in [-0.2, -0.15) is 0 Å². The van der Waals surface area contributed by atoms with E-state index in [0.29, 0.717) is 19.1 Å². The molecule has 0 saturated carbocycles. The molecule has 2 heterocycles. The quantitative estimate of drug-likeness (QED) is 0.716. The number of amides is 1. The second kappa shape index (κ2) is 10.1. The van der Waals surface area contributed by atoms with E-state index in [2.05, 4.69) is 29.2 Å². The molecule has 1 amide bonds. The Kier molecular flexibility index (Phi) is 7.22. The summed E-state index contributed by atoms with van der Waals surface area (Å²) in [4.78, 5) is 17.9. The summed E-state index contributed by atoms with van der Waals surface area (Å²) in [6.45, 7) is 4.96. The van der Waals surface area contributed by atoms with E-state index in [9.17, 15) is 4.79 Å². The molecule has 5 heteroatoms. The summed E-state index contributed by atoms with van der Waals surface area (Å²) in [6.07, 6.45) is 6.65. The number of benzene rings is 1. The molecule has 0 atom stereocenters. The van der Waals surface area contributed by atoms with Gasteiger partial charge in [-0.1, -0.05) is 24.3 Å². The second-order valence-electron chi connectivity index (χ2n) is 6.95. The SMILES string of the molecule is CCOCC(=O)N1CCC(Cc2ccc(COc3ccncc3)cc2)CC1. The van der Waals surface area contributed by atoms with Crippen molar-refractivity contribution in [3.8, 4) is 5.75 Å². The zero-order valence-corrected chi connectivity index (χ0v) is 16.0. The minimum Gasteiger partial charge on any atom is -0.489 e. The maximum atomic E-state index is 12.0. The summed E-state index contributed by atoms with van der Waals surface area (Å²) >= 11 is 0. The van der Waals surface area contributed by atoms with E-state index in [1.165, 1.54) is 5.56 Å². The number of nitrogens with zero attached hydrogens (tertiary/aromatic N) is 2. The van der Waals surface area contributed by atoms with Crippen molar-refractivity contribution in [2.24, 2.45) is 5.92 Å². The topological polar surface area (TPSA) is 51.7 Å². The Labute approximate surface area is 161 Å². The summed E-state index contributed by atoms with van der Waals surface area (Å²) in [7, 11) is 0. The summed E-state index contributed by atoms with van der Waals surface area (Å²) in [5, 5.41) is 0. The Morgan fingerprint density at radius 2 is 1.74 bits per heavy atom. The highest BCUT2D eigenvalue weighted by Crippen LogP contribution is 2.22. The van der Waals surface area contributed by atoms with Crippen molar-refractivity contribution in [1.82, 2.24) is 9.88 Å². The molecule has 1 aliphatic heterocycles. The molecule has 1 saturated heterocycles. The average molecular weight is 368 g/mol. The number of carbonyl (C=O) groups is 1. The first-order valence-electron chi connectivity index (χ1n) is 9.70. The molecule has 0 N–H and O–H groups in total. The van der Waals surface area contributed by atoms with Crippen LogP contribution in [0.1, 0.15) is 30.9 Å². The van der Waals surface area contributed by atoms with Gasteiger partial charge in [-0.15, -0.1) is 0 Å². The minimum atomic E-state index is 0.119. The van der Waals surface area contributed by atoms with E-state index in [-0.39, 0.29) is 12.5 Å². The van der Waals surface area contributed by atoms with Gasteiger partial charge in [0.2, 0.25) is 5.91 Å². The van der Waals surface area contributed by atoms with Gasteiger partial charge in [0.1, 0.15) is 19.0 Å². The second-order valence-corrected chi connectivity index (χ2v) is 6.95. The summed E-state index contributed by atoms with van der Waals surface area (Å²) in [5.74, 6) is 1.59. The van der Waals surface area contributed by atoms with Gasteiger partial charge in [0, 0.05) is 32.1 Å². The fourth-order valence-electron chi connectivity index (χ4n) is 3.37. The van der Waals surface area contributed by atoms with Crippen LogP contribution >= 0.6 is 0 Å². The van der Waals surface area contributed by atoms with Gasteiger partial charge in [-0.25, -0.2) is 0 Å². The number of carbonyl (C=O) groups excluding carboxylic acids is 1. The van der Waals surface area contributed by atoms with Crippen molar-refractivity contribution in [1.29, 1.82) is 0 Å². The van der Waals surface area contributed by atoms with Gasteiger partial charge < -0.3 is 14.4 Å². The molecule has 1 aliphatic rings. The fraction of sp³-hybridized carbons (Fsp3) is 0.455. The first-order chi connectivity index (χ1) is 13.2. The molecule has 144 valence electrons. The van der Waals surface area contributed by atoms with Crippen molar-refractivity contribution >= 4 is 5.91 Å². The van der Waals surface area contributed by atoms with Gasteiger partial charge in [0.15, 0.2) is 0 Å². The lowest BCUT2D eigenvalue weighted by atomic mass is 9.90. The number of hydrogen-bond donors (Lipinski definition) is 0. The smallest absolute Gasteiger partial charge is 0.248 e. The highest BCUT2D eigenvalue weighted by molar-refractivity contribution is 5.77. The molecule has 0 aliphatic carbocycles. The first kappa shape index (κ1) is 19.4. The van der Waals surface area contributed by atoms with Crippen LogP contribution in [0.2, 0.25) is 0 Å². The predicted molar refractivity (Wildman–Crippen MR) is 105 cm³/mol. The van der Waals surface area contributed by atoms with Crippen LogP contribution in [0.5, 0.6) is 5.75 Å². The summed E-state index contributed by atoms with van der Waals surface area (Å²) in [6, 6.07) is 12.4. The number of pyridine rings is 1. The number of ether oxygens (including phenoxy) is 2. The van der Waals surface area contributed by atoms with Crippen LogP contribution in [0.4, 0.5) is 0 Å². The van der Waals surface area contributed by atoms with Gasteiger partial charge in [0.05, 0.1) is 0 Å². The molecule has 0 spiro atoms. The van der Waals surface area contributed by atoms with Gasteiger partial charge in [-0.3, -0.25) is 9.78 Å². The van der Waals surface area contributed by atoms with Crippen LogP contribution in [0.3, 0.4) is 0 Å². The number of hydrogen-bond acceptors (Lipinski definition) is 4. The number of aromatic nitrogens is 1. The van der Waals surface area contributed by atoms with E-state index in [1.54, 1.807) is 12.4 Å². The lowest BCUT2D eigenvalue weighted by Gasteiger charge is -2.32. The van der Waals surface area contributed by atoms with Crippen LogP contribution in [-0.4, -0.2) is 42.1 Å². The lowest BCUT2D eigenvalue weighted by Crippen LogP contribution is -2.40. The summed E-state index contributed by atoms with van der Waals surface area (Å²) in [5.41, 5.74) is 2.51. The van der Waals surface area contributed by atoms with Gasteiger partial charge in [-0.05, 0) is 55.4 Å². The monoisotopic (exact) mass is 368 g/mol. The van der Waals surface area contributed by atoms with Crippen LogP contribution in [-0.2, 0) is 22.6 Å². The third-order valence-corrected chi connectivity index (χ3v) is 5.00. The molecule has 2 aromatic rings. The van der Waals surface area contributed by atoms with Gasteiger partial charge in [0.25, 0.3) is 0 Å². The number of likely N-dealkylation sites (tertiary alicyclic amines) is 1. The van der Waals surface area contributed by atoms with E-state index < -0.39 is 0 Å². The van der Waals surface area contributed by atoms with Crippen molar-refractivity contribution < 1.29 is 14.3 Å². The average Bonchev–Trinajstić information content (AvgIpc) is 2.73. The minimum absolute atomic E-state index is 0.119. The maximum absolute atomic E-state index is 12.0. The molecule has 3 rings (SSSR count). The fourth-order valence-corrected chi connectivity index (χ4v) is 3.37. The van der Waals surface area contributed by atoms with Crippen LogP contribution in [0.15, 0.2) is 48.8 Å². The molecular weight excluding hydrogens is 340 g/mol. The normalized spacial score (nSPS) is 14.9. The van der Waals surface area contributed by atoms with E-state index >= 15 is 0 Å². The Morgan fingerprint density at radius 1 is 1.07 bits per heavy atom. The standard InChI is InChI=1S/C22H28N2O3/c1-2-26-17-22(25)24-13-9-19(10-14-24)15-18-3-5-20(6-4-18)16-27-21-7-11-23-12-8-21/h3-8,11-12,19H,2,9-10,13-17H2,1H3. The van der Waals surface area contributed by atoms with Gasteiger partial charge >= 0.3 is 0 Å². The van der Waals surface area contributed by atoms with Crippen molar-refractivity contribution in [3.05, 3.63) is 59.9 Å². The largest absolute Gasteiger partial charge is 0.489 e. The van der Waals surface area contributed by atoms with Crippen LogP contribution in [0, 0.1) is 5.92 Å². The van der Waals surface area contributed by atoms with Crippen molar-refractivity contribution in [2.75, 3.05) is 26.3 Å². The highest BCUT2D eigenvalue weighted by atomic mass is 16.5. The van der Waals surface area contributed by atoms with E-state index in [0.717, 1.165) is 43.7 Å². The van der Waals surface area contributed by atoms with Crippen molar-refractivity contribution in [2.45, 2.75) is 32.8 Å². The molecule has 0 radical (unpaired) electrons. The molecule has 5 nitrogen and oxygen atoms in total. The highest BCUT2D eigenvalue weighted by Gasteiger charge is 2.22. The van der Waals surface area contributed by atoms with Crippen LogP contribution in [0.25, 0.3) is 0 Å². The predicted octanol–water partition coefficient (Wildman–Crippen LogP) is 3.48. The third kappa shape index (κ3) is 6.07. The first-order valence-corrected chi connectivity index (χ1v) is 9.70. The lowest BCUT2D eigenvalue weighted by molar-refractivity contribution is -0.137. The molecule has 27 heavy (non-hydrogen) atoms. The summed E-state index contributed by atoms with van der Waals surface area (Å²) < 4.78 is 11.0. The third-order valence-electron chi connectivity index (χ3n) is 5.00. The maximum Gasteiger partial charge on any atom is 0.248 e. The number of rotatable bonds is 8. The molecule has 1 aromatic heterocycles. The Morgan fingerprint density at radius 3 is 2.41 bits per heavy atom. The molecular formula is C22H28N2O3. The molecule has 0 unspecified atom stereocenters. The Bertz CT molecular complexity index is 695. The molecule has 0 bridgehead atoms. The Hall–Kier alpha value is -2.40. The Balaban J connectivity index is 1.42. The van der Waals surface area contributed by atoms with E-state index in [1.807, 2.05) is 24.0 Å². The molecule has 1 aromatic carbocycles. The number of piperidine rings is 1. The zero-order valence-electron chi connectivity index (χ0n) is 16.0. The molecule has 1 fully saturated rings. The van der Waals surface area contributed by atoms with E-state index in [4.69, 9.17) is 9.47 Å². The van der Waals surface area contributed by atoms with Crippen LogP contribution < -0.4 is 4.74 Å².